The summed E-state index contributed by atoms with van der Waals surface area (Å²) in [4.78, 5) is 10.1. The van der Waals surface area contributed by atoms with Gasteiger partial charge in [-0.15, -0.1) is 0 Å². The van der Waals surface area contributed by atoms with E-state index in [9.17, 15) is 4.79 Å². The van der Waals surface area contributed by atoms with Crippen LogP contribution in [0.4, 0.5) is 0 Å². The normalized spacial score (nSPS) is 9.56. The fraction of sp³-hybridized carbons (Fsp3) is 0.700. The number of rotatable bonds is 9. The van der Waals surface area contributed by atoms with Crippen molar-refractivity contribution < 1.29 is 24.1 Å². The van der Waals surface area contributed by atoms with Gasteiger partial charge in [0, 0.05) is 0 Å². The Labute approximate surface area is 94.7 Å². The third-order valence-corrected chi connectivity index (χ3v) is 1.37. The largest absolute Gasteiger partial charge is 0.480 e. The molecule has 0 aliphatic rings. The molecule has 0 aromatic rings. The second-order valence-electron chi connectivity index (χ2n) is 2.67. The molecule has 0 aliphatic carbocycles. The molecule has 0 saturated heterocycles. The quantitative estimate of drug-likeness (QED) is 0.394. The van der Waals surface area contributed by atoms with E-state index in [0.717, 1.165) is 0 Å². The first-order valence-electron chi connectivity index (χ1n) is 4.88. The summed E-state index contributed by atoms with van der Waals surface area (Å²) in [6, 6.07) is 0. The predicted molar refractivity (Wildman–Crippen MR) is 56.9 cm³/mol. The minimum absolute atomic E-state index is 0.263. The van der Waals surface area contributed by atoms with E-state index in [1.165, 1.54) is 0 Å². The number of aliphatic carboxylic acids is 1. The van der Waals surface area contributed by atoms with Gasteiger partial charge in [-0.3, -0.25) is 0 Å². The van der Waals surface area contributed by atoms with Crippen molar-refractivity contribution in [3.63, 3.8) is 0 Å². The van der Waals surface area contributed by atoms with Gasteiger partial charge in [-0.1, -0.05) is 11.8 Å². The summed E-state index contributed by atoms with van der Waals surface area (Å²) < 4.78 is 15.0. The smallest absolute Gasteiger partial charge is 0.329 e. The zero-order valence-corrected chi connectivity index (χ0v) is 9.11. The van der Waals surface area contributed by atoms with E-state index in [0.29, 0.717) is 33.0 Å². The first-order chi connectivity index (χ1) is 7.77. The van der Waals surface area contributed by atoms with Crippen molar-refractivity contribution in [1.29, 1.82) is 0 Å². The minimum atomic E-state index is -0.984. The maximum absolute atomic E-state index is 10.1. The van der Waals surface area contributed by atoms with Crippen molar-refractivity contribution in [2.24, 2.45) is 5.73 Å². The summed E-state index contributed by atoms with van der Waals surface area (Å²) in [6.45, 7) is 1.87. The fourth-order valence-electron chi connectivity index (χ4n) is 0.744. The molecular formula is C10H17NO5. The number of carboxylic acid groups (broad SMARTS) is 1. The monoisotopic (exact) mass is 231 g/mol. The highest BCUT2D eigenvalue weighted by molar-refractivity contribution is 5.67. The number of ether oxygens (including phenoxy) is 3. The zero-order chi connectivity index (χ0) is 12.1. The first-order valence-corrected chi connectivity index (χ1v) is 4.88. The van der Waals surface area contributed by atoms with Crippen molar-refractivity contribution in [1.82, 2.24) is 0 Å². The third-order valence-electron chi connectivity index (χ3n) is 1.37. The summed E-state index contributed by atoms with van der Waals surface area (Å²) >= 11 is 0. The Hall–Kier alpha value is -1.13. The van der Waals surface area contributed by atoms with Gasteiger partial charge in [0.05, 0.1) is 33.0 Å². The Bertz CT molecular complexity index is 233. The van der Waals surface area contributed by atoms with Crippen LogP contribution in [0.25, 0.3) is 0 Å². The van der Waals surface area contributed by atoms with Gasteiger partial charge >= 0.3 is 5.97 Å². The standard InChI is InChI=1S/C10H17NO5/c11-3-1-2-4-14-5-6-15-7-8-16-9-10(12)13/h3-9,11H2,(H,12,13). The first kappa shape index (κ1) is 14.9. The minimum Gasteiger partial charge on any atom is -0.480 e. The molecule has 0 bridgehead atoms. The molecule has 0 aromatic carbocycles. The van der Waals surface area contributed by atoms with E-state index in [1.54, 1.807) is 0 Å². The van der Waals surface area contributed by atoms with Crippen LogP contribution in [-0.2, 0) is 19.0 Å². The van der Waals surface area contributed by atoms with Gasteiger partial charge in [0.2, 0.25) is 0 Å². The Morgan fingerprint density at radius 1 is 1.06 bits per heavy atom. The highest BCUT2D eigenvalue weighted by atomic mass is 16.5. The van der Waals surface area contributed by atoms with E-state index < -0.39 is 5.97 Å². The van der Waals surface area contributed by atoms with Gasteiger partial charge in [0.1, 0.15) is 13.2 Å². The van der Waals surface area contributed by atoms with Gasteiger partial charge < -0.3 is 25.1 Å². The van der Waals surface area contributed by atoms with Crippen LogP contribution >= 0.6 is 0 Å². The van der Waals surface area contributed by atoms with Crippen LogP contribution in [0.5, 0.6) is 0 Å². The van der Waals surface area contributed by atoms with Crippen LogP contribution in [0.1, 0.15) is 0 Å². The number of hydrogen-bond acceptors (Lipinski definition) is 5. The fourth-order valence-corrected chi connectivity index (χ4v) is 0.744. The summed E-state index contributed by atoms with van der Waals surface area (Å²) in [5.41, 5.74) is 5.15. The van der Waals surface area contributed by atoms with Crippen LogP contribution in [0.15, 0.2) is 0 Å². The highest BCUT2D eigenvalue weighted by Crippen LogP contribution is 1.80. The van der Waals surface area contributed by atoms with Crippen molar-refractivity contribution in [2.45, 2.75) is 0 Å². The summed E-state index contributed by atoms with van der Waals surface area (Å²) in [7, 11) is 0. The molecule has 0 unspecified atom stereocenters. The van der Waals surface area contributed by atoms with E-state index in [-0.39, 0.29) is 13.2 Å². The molecule has 0 radical (unpaired) electrons. The molecule has 3 N–H and O–H groups in total. The van der Waals surface area contributed by atoms with Gasteiger partial charge in [-0.25, -0.2) is 4.79 Å². The number of nitrogens with two attached hydrogens (primary N) is 1. The Morgan fingerprint density at radius 2 is 1.69 bits per heavy atom. The molecule has 92 valence electrons. The molecule has 16 heavy (non-hydrogen) atoms. The average Bonchev–Trinajstić information content (AvgIpc) is 2.25. The van der Waals surface area contributed by atoms with Crippen LogP contribution in [0, 0.1) is 11.8 Å². The summed E-state index contributed by atoms with van der Waals surface area (Å²) in [5, 5.41) is 8.25. The van der Waals surface area contributed by atoms with E-state index in [4.69, 9.17) is 25.1 Å². The Morgan fingerprint density at radius 3 is 2.31 bits per heavy atom. The Kier molecular flexibility index (Phi) is 11.1. The number of carbonyl (C=O) groups is 1. The molecule has 0 fully saturated rings. The molecule has 6 heteroatoms. The lowest BCUT2D eigenvalue weighted by molar-refractivity contribution is -0.142. The van der Waals surface area contributed by atoms with Gasteiger partial charge in [-0.2, -0.15) is 0 Å². The number of hydrogen-bond donors (Lipinski definition) is 2. The zero-order valence-electron chi connectivity index (χ0n) is 9.11. The van der Waals surface area contributed by atoms with Crippen molar-refractivity contribution in [3.05, 3.63) is 0 Å². The lowest BCUT2D eigenvalue weighted by atomic mass is 10.6. The molecule has 0 heterocycles. The SMILES string of the molecule is NCC#CCOCCOCCOCC(=O)O. The van der Waals surface area contributed by atoms with Crippen LogP contribution in [0.2, 0.25) is 0 Å². The maximum Gasteiger partial charge on any atom is 0.329 e. The predicted octanol–water partition coefficient (Wildman–Crippen LogP) is -0.917. The topological polar surface area (TPSA) is 91.0 Å². The Balaban J connectivity index is 3.01. The average molecular weight is 231 g/mol. The van der Waals surface area contributed by atoms with Gasteiger partial charge in [-0.05, 0) is 0 Å². The van der Waals surface area contributed by atoms with Crippen LogP contribution in [-0.4, -0.2) is 57.3 Å². The summed E-state index contributed by atoms with van der Waals surface area (Å²) in [5.74, 6) is 4.40. The third kappa shape index (κ3) is 12.9. The molecule has 0 atom stereocenters. The van der Waals surface area contributed by atoms with E-state index in [2.05, 4.69) is 11.8 Å². The molecule has 0 aliphatic heterocycles. The molecule has 0 spiro atoms. The van der Waals surface area contributed by atoms with E-state index >= 15 is 0 Å². The maximum atomic E-state index is 10.1. The molecule has 0 amide bonds. The second kappa shape index (κ2) is 11.9. The highest BCUT2D eigenvalue weighted by Gasteiger charge is 1.95. The molecule has 0 aromatic heterocycles. The van der Waals surface area contributed by atoms with Crippen molar-refractivity contribution >= 4 is 5.97 Å². The van der Waals surface area contributed by atoms with Gasteiger partial charge in [0.25, 0.3) is 0 Å². The van der Waals surface area contributed by atoms with Gasteiger partial charge in [0.15, 0.2) is 0 Å². The lowest BCUT2D eigenvalue weighted by Gasteiger charge is -2.03. The molecule has 0 rings (SSSR count). The lowest BCUT2D eigenvalue weighted by Crippen LogP contribution is -2.13. The van der Waals surface area contributed by atoms with Crippen LogP contribution in [0.3, 0.4) is 0 Å². The molecule has 6 nitrogen and oxygen atoms in total. The second-order valence-corrected chi connectivity index (χ2v) is 2.67. The number of carboxylic acids is 1. The molecule has 0 saturated carbocycles. The van der Waals surface area contributed by atoms with Crippen molar-refractivity contribution in [2.75, 3.05) is 46.2 Å². The molecular weight excluding hydrogens is 214 g/mol. The van der Waals surface area contributed by atoms with Crippen LogP contribution < -0.4 is 5.73 Å². The van der Waals surface area contributed by atoms with E-state index in [1.807, 2.05) is 0 Å². The summed E-state index contributed by atoms with van der Waals surface area (Å²) in [6.07, 6.45) is 0. The van der Waals surface area contributed by atoms with Crippen molar-refractivity contribution in [3.8, 4) is 11.8 Å².